The number of para-hydroxylation sites is 1. The van der Waals surface area contributed by atoms with Crippen LogP contribution in [0.3, 0.4) is 0 Å². The van der Waals surface area contributed by atoms with E-state index in [1.807, 2.05) is 54.7 Å². The first kappa shape index (κ1) is 20.3. The molecule has 1 N–H and O–H groups in total. The van der Waals surface area contributed by atoms with Gasteiger partial charge in [0.15, 0.2) is 0 Å². The molecule has 4 rings (SSSR count). The molecule has 0 spiro atoms. The number of carbonyl (C=O) groups is 1. The summed E-state index contributed by atoms with van der Waals surface area (Å²) in [5.74, 6) is -0.528. The van der Waals surface area contributed by atoms with E-state index in [-0.39, 0.29) is 11.3 Å². The van der Waals surface area contributed by atoms with Gasteiger partial charge in [0.2, 0.25) is 0 Å². The minimum absolute atomic E-state index is 0.153. The average Bonchev–Trinajstić information content (AvgIpc) is 3.13. The Kier molecular flexibility index (Phi) is 5.77. The van der Waals surface area contributed by atoms with Crippen molar-refractivity contribution in [1.82, 2.24) is 9.99 Å². The van der Waals surface area contributed by atoms with Gasteiger partial charge >= 0.3 is 0 Å². The number of carbonyl (C=O) groups excluding carboxylic acids is 1. The van der Waals surface area contributed by atoms with E-state index in [0.29, 0.717) is 11.6 Å². The Balaban J connectivity index is 1.57. The lowest BCUT2D eigenvalue weighted by Crippen LogP contribution is -2.17. The number of halogens is 1. The summed E-state index contributed by atoms with van der Waals surface area (Å²) >= 11 is 6.31. The highest BCUT2D eigenvalue weighted by atomic mass is 35.5. The summed E-state index contributed by atoms with van der Waals surface area (Å²) in [6.07, 6.45) is 3.50. The van der Waals surface area contributed by atoms with Crippen LogP contribution in [0.15, 0.2) is 84.1 Å². The third-order valence-corrected chi connectivity index (χ3v) is 5.18. The molecule has 8 heteroatoms. The molecule has 0 aliphatic carbocycles. The fourth-order valence-corrected chi connectivity index (χ4v) is 3.50. The molecule has 4 aromatic rings. The molecule has 0 saturated carbocycles. The Morgan fingerprint density at radius 2 is 1.87 bits per heavy atom. The van der Waals surface area contributed by atoms with Crippen LogP contribution in [0, 0.1) is 10.1 Å². The first-order valence-electron chi connectivity index (χ1n) is 9.42. The molecule has 1 heterocycles. The Hall–Kier alpha value is -3.97. The normalized spacial score (nSPS) is 11.1. The number of rotatable bonds is 6. The van der Waals surface area contributed by atoms with Crippen LogP contribution in [0.25, 0.3) is 10.9 Å². The second-order valence-corrected chi connectivity index (χ2v) is 7.23. The van der Waals surface area contributed by atoms with Gasteiger partial charge in [0, 0.05) is 51.9 Å². The number of amides is 1. The topological polar surface area (TPSA) is 89.5 Å². The van der Waals surface area contributed by atoms with Crippen LogP contribution in [-0.2, 0) is 6.54 Å². The van der Waals surface area contributed by atoms with Crippen LogP contribution in [0.4, 0.5) is 5.69 Å². The Bertz CT molecular complexity index is 1310. The SMILES string of the molecule is O=C(N/N=C/c1cn(Cc2ccccc2Cl)c2ccccc12)c1cccc([N+](=O)[O-])c1. The van der Waals surface area contributed by atoms with E-state index in [0.717, 1.165) is 22.0 Å². The number of non-ortho nitro benzene ring substituents is 1. The molecular weight excluding hydrogens is 416 g/mol. The molecule has 0 bridgehead atoms. The quantitative estimate of drug-likeness (QED) is 0.263. The highest BCUT2D eigenvalue weighted by molar-refractivity contribution is 6.31. The van der Waals surface area contributed by atoms with Gasteiger partial charge < -0.3 is 4.57 Å². The van der Waals surface area contributed by atoms with Crippen molar-refractivity contribution in [2.75, 3.05) is 0 Å². The molecule has 0 aliphatic rings. The van der Waals surface area contributed by atoms with E-state index < -0.39 is 10.8 Å². The van der Waals surface area contributed by atoms with Crippen LogP contribution in [-0.4, -0.2) is 21.6 Å². The van der Waals surface area contributed by atoms with E-state index in [4.69, 9.17) is 11.6 Å². The summed E-state index contributed by atoms with van der Waals surface area (Å²) in [6, 6.07) is 21.0. The number of aromatic nitrogens is 1. The molecule has 0 atom stereocenters. The van der Waals surface area contributed by atoms with E-state index in [9.17, 15) is 14.9 Å². The standard InChI is InChI=1S/C23H17ClN4O3/c24-21-10-3-1-6-17(21)14-27-15-18(20-9-2-4-11-22(20)27)13-25-26-23(29)16-7-5-8-19(12-16)28(30)31/h1-13,15H,14H2,(H,26,29)/b25-13+. The van der Waals surface area contributed by atoms with Crippen LogP contribution in [0.5, 0.6) is 0 Å². The van der Waals surface area contributed by atoms with E-state index in [2.05, 4.69) is 15.1 Å². The van der Waals surface area contributed by atoms with Crippen LogP contribution in [0.1, 0.15) is 21.5 Å². The van der Waals surface area contributed by atoms with E-state index in [1.165, 1.54) is 24.3 Å². The fourth-order valence-electron chi connectivity index (χ4n) is 3.30. The van der Waals surface area contributed by atoms with E-state index >= 15 is 0 Å². The number of nitrogens with zero attached hydrogens (tertiary/aromatic N) is 3. The zero-order valence-electron chi connectivity index (χ0n) is 16.2. The highest BCUT2D eigenvalue weighted by Gasteiger charge is 2.11. The van der Waals surface area contributed by atoms with Crippen molar-refractivity contribution in [1.29, 1.82) is 0 Å². The first-order valence-corrected chi connectivity index (χ1v) is 9.80. The number of hydrogen-bond acceptors (Lipinski definition) is 4. The summed E-state index contributed by atoms with van der Waals surface area (Å²) < 4.78 is 2.07. The summed E-state index contributed by atoms with van der Waals surface area (Å²) in [5.41, 5.74) is 5.25. The van der Waals surface area contributed by atoms with Gasteiger partial charge in [-0.25, -0.2) is 5.43 Å². The molecule has 1 aromatic heterocycles. The number of benzene rings is 3. The molecule has 3 aromatic carbocycles. The second-order valence-electron chi connectivity index (χ2n) is 6.83. The number of fused-ring (bicyclic) bond motifs is 1. The maximum absolute atomic E-state index is 12.3. The van der Waals surface area contributed by atoms with Crippen LogP contribution < -0.4 is 5.43 Å². The van der Waals surface area contributed by atoms with Gasteiger partial charge in [-0.15, -0.1) is 0 Å². The predicted molar refractivity (Wildman–Crippen MR) is 121 cm³/mol. The van der Waals surface area contributed by atoms with Crippen molar-refractivity contribution in [3.63, 3.8) is 0 Å². The summed E-state index contributed by atoms with van der Waals surface area (Å²) in [5, 5.41) is 16.6. The fraction of sp³-hybridized carbons (Fsp3) is 0.0435. The van der Waals surface area contributed by atoms with Crippen molar-refractivity contribution >= 4 is 40.3 Å². The van der Waals surface area contributed by atoms with Gasteiger partial charge in [-0.05, 0) is 23.8 Å². The zero-order valence-corrected chi connectivity index (χ0v) is 17.0. The molecule has 0 aliphatic heterocycles. The van der Waals surface area contributed by atoms with Gasteiger partial charge in [-0.2, -0.15) is 5.10 Å². The second kappa shape index (κ2) is 8.81. The highest BCUT2D eigenvalue weighted by Crippen LogP contribution is 2.23. The molecule has 0 radical (unpaired) electrons. The van der Waals surface area contributed by atoms with Gasteiger partial charge in [-0.3, -0.25) is 14.9 Å². The molecule has 7 nitrogen and oxygen atoms in total. The maximum Gasteiger partial charge on any atom is 0.271 e. The monoisotopic (exact) mass is 432 g/mol. The predicted octanol–water partition coefficient (Wildman–Crippen LogP) is 5.02. The lowest BCUT2D eigenvalue weighted by atomic mass is 10.2. The lowest BCUT2D eigenvalue weighted by Gasteiger charge is -2.07. The lowest BCUT2D eigenvalue weighted by molar-refractivity contribution is -0.384. The Morgan fingerprint density at radius 3 is 2.68 bits per heavy atom. The summed E-state index contributed by atoms with van der Waals surface area (Å²) in [6.45, 7) is 0.591. The van der Waals surface area contributed by atoms with Gasteiger partial charge in [-0.1, -0.05) is 54.1 Å². The average molecular weight is 433 g/mol. The molecule has 154 valence electrons. The zero-order chi connectivity index (χ0) is 21.8. The van der Waals surface area contributed by atoms with Crippen molar-refractivity contribution in [3.8, 4) is 0 Å². The Morgan fingerprint density at radius 1 is 1.10 bits per heavy atom. The molecular formula is C23H17ClN4O3. The first-order chi connectivity index (χ1) is 15.0. The largest absolute Gasteiger partial charge is 0.342 e. The minimum atomic E-state index is -0.548. The summed E-state index contributed by atoms with van der Waals surface area (Å²) in [4.78, 5) is 22.6. The molecule has 0 unspecified atom stereocenters. The molecule has 1 amide bonds. The third-order valence-electron chi connectivity index (χ3n) is 4.81. The molecule has 31 heavy (non-hydrogen) atoms. The van der Waals surface area contributed by atoms with Crippen molar-refractivity contribution in [3.05, 3.63) is 111 Å². The van der Waals surface area contributed by atoms with Crippen LogP contribution in [0.2, 0.25) is 5.02 Å². The van der Waals surface area contributed by atoms with Crippen molar-refractivity contribution < 1.29 is 9.72 Å². The van der Waals surface area contributed by atoms with Crippen LogP contribution >= 0.6 is 11.6 Å². The van der Waals surface area contributed by atoms with Crippen molar-refractivity contribution in [2.24, 2.45) is 5.10 Å². The van der Waals surface area contributed by atoms with Gasteiger partial charge in [0.05, 0.1) is 11.1 Å². The smallest absolute Gasteiger partial charge is 0.271 e. The van der Waals surface area contributed by atoms with Gasteiger partial charge in [0.1, 0.15) is 0 Å². The number of nitro groups is 1. The number of hydrazone groups is 1. The summed E-state index contributed by atoms with van der Waals surface area (Å²) in [7, 11) is 0. The van der Waals surface area contributed by atoms with Crippen molar-refractivity contribution in [2.45, 2.75) is 6.54 Å². The Labute approximate surface area is 182 Å². The van der Waals surface area contributed by atoms with Gasteiger partial charge in [0.25, 0.3) is 11.6 Å². The minimum Gasteiger partial charge on any atom is -0.342 e. The maximum atomic E-state index is 12.3. The number of hydrogen-bond donors (Lipinski definition) is 1. The number of nitro benzene ring substituents is 1. The third kappa shape index (κ3) is 4.46. The number of nitrogens with one attached hydrogen (secondary N) is 1. The molecule has 0 fully saturated rings. The van der Waals surface area contributed by atoms with E-state index in [1.54, 1.807) is 6.21 Å². The molecule has 0 saturated heterocycles.